The molecule has 1 aliphatic carbocycles. The molecule has 0 N–H and O–H groups in total. The molecular formula is C6H12BCl-. The van der Waals surface area contributed by atoms with E-state index in [0.29, 0.717) is 6.13 Å². The lowest BCUT2D eigenvalue weighted by molar-refractivity contribution is 0.865. The largest absolute Gasteiger partial charge is 0.431 e. The van der Waals surface area contributed by atoms with Crippen LogP contribution in [0.2, 0.25) is 12.6 Å². The van der Waals surface area contributed by atoms with Gasteiger partial charge in [-0.05, 0) is 6.13 Å². The summed E-state index contributed by atoms with van der Waals surface area (Å²) >= 11 is 5.88. The summed E-state index contributed by atoms with van der Waals surface area (Å²) in [5, 5.41) is 0. The van der Waals surface area contributed by atoms with Gasteiger partial charge in [0.15, 0.2) is 0 Å². The van der Waals surface area contributed by atoms with Gasteiger partial charge in [-0.1, -0.05) is 25.7 Å². The van der Waals surface area contributed by atoms with Crippen molar-refractivity contribution in [1.29, 1.82) is 0 Å². The number of rotatable bonds is 1. The number of hydrogen-bond acceptors (Lipinski definition) is 0. The van der Waals surface area contributed by atoms with E-state index in [1.807, 2.05) is 0 Å². The smallest absolute Gasteiger partial charge is 0.0326 e. The first-order valence-electron chi connectivity index (χ1n) is 3.45. The zero-order valence-corrected chi connectivity index (χ0v) is 6.12. The summed E-state index contributed by atoms with van der Waals surface area (Å²) in [6, 6.07) is 0. The Balaban J connectivity index is 2.24. The lowest BCUT2D eigenvalue weighted by Gasteiger charge is -2.20. The van der Waals surface area contributed by atoms with Gasteiger partial charge >= 0.3 is 0 Å². The highest BCUT2D eigenvalue weighted by molar-refractivity contribution is 7.07. The van der Waals surface area contributed by atoms with Crippen LogP contribution in [-0.2, 0) is 0 Å². The third kappa shape index (κ3) is 1.41. The van der Waals surface area contributed by atoms with Gasteiger partial charge in [0.25, 0.3) is 0 Å². The minimum atomic E-state index is 0.414. The van der Waals surface area contributed by atoms with Gasteiger partial charge in [0.05, 0.1) is 0 Å². The van der Waals surface area contributed by atoms with Crippen LogP contribution in [0.1, 0.15) is 25.7 Å². The van der Waals surface area contributed by atoms with Gasteiger partial charge in [-0.15, -0.1) is 0 Å². The second kappa shape index (κ2) is 2.77. The Morgan fingerprint density at radius 3 is 2.12 bits per heavy atom. The quantitative estimate of drug-likeness (QED) is 0.479. The summed E-state index contributed by atoms with van der Waals surface area (Å²) in [5.74, 6) is 0.830. The first-order valence-corrected chi connectivity index (χ1v) is 3.88. The molecule has 0 aromatic rings. The van der Waals surface area contributed by atoms with Crippen molar-refractivity contribution >= 4 is 17.6 Å². The zero-order chi connectivity index (χ0) is 5.98. The van der Waals surface area contributed by atoms with E-state index in [-0.39, 0.29) is 0 Å². The lowest BCUT2D eigenvalue weighted by atomic mass is 9.64. The number of halogens is 1. The molecule has 47 valence electrons. The van der Waals surface area contributed by atoms with Gasteiger partial charge in [-0.25, -0.2) is 6.82 Å². The zero-order valence-electron chi connectivity index (χ0n) is 5.36. The molecule has 0 spiro atoms. The van der Waals surface area contributed by atoms with E-state index >= 15 is 0 Å². The summed E-state index contributed by atoms with van der Waals surface area (Å²) in [5.41, 5.74) is 0. The van der Waals surface area contributed by atoms with Crippen LogP contribution in [0, 0.1) is 0 Å². The first-order chi connectivity index (χ1) is 3.80. The third-order valence-electron chi connectivity index (χ3n) is 2.05. The Morgan fingerprint density at radius 1 is 1.38 bits per heavy atom. The molecule has 1 saturated carbocycles. The van der Waals surface area contributed by atoms with Gasteiger partial charge in [-0.3, -0.25) is 0 Å². The van der Waals surface area contributed by atoms with Crippen LogP contribution in [0.5, 0.6) is 0 Å². The van der Waals surface area contributed by atoms with E-state index < -0.39 is 0 Å². The Kier molecular flexibility index (Phi) is 2.24. The monoisotopic (exact) mass is 130 g/mol. The van der Waals surface area contributed by atoms with Crippen molar-refractivity contribution in [3.8, 4) is 0 Å². The lowest BCUT2D eigenvalue weighted by Crippen LogP contribution is -2.04. The Morgan fingerprint density at radius 2 is 1.88 bits per heavy atom. The molecule has 1 rings (SSSR count). The molecule has 0 aliphatic heterocycles. The van der Waals surface area contributed by atoms with E-state index in [0.717, 1.165) is 5.82 Å². The topological polar surface area (TPSA) is 0 Å². The fraction of sp³-hybridized carbons (Fsp3) is 1.00. The molecule has 0 heterocycles. The predicted molar refractivity (Wildman–Crippen MR) is 39.7 cm³/mol. The van der Waals surface area contributed by atoms with Gasteiger partial charge < -0.3 is 11.5 Å². The molecule has 0 aromatic heterocycles. The van der Waals surface area contributed by atoms with Crippen molar-refractivity contribution in [2.75, 3.05) is 0 Å². The SMILES string of the molecule is C[B-](Cl)C1CCCC1. The average Bonchev–Trinajstić information content (AvgIpc) is 2.12. The highest BCUT2D eigenvalue weighted by Gasteiger charge is 2.10. The average molecular weight is 130 g/mol. The highest BCUT2D eigenvalue weighted by Crippen LogP contribution is 2.33. The maximum atomic E-state index is 5.88. The summed E-state index contributed by atoms with van der Waals surface area (Å²) in [4.78, 5) is 0. The fourth-order valence-corrected chi connectivity index (χ4v) is 1.67. The van der Waals surface area contributed by atoms with Crippen molar-refractivity contribution < 1.29 is 0 Å². The molecule has 2 heteroatoms. The van der Waals surface area contributed by atoms with Crippen LogP contribution in [0.3, 0.4) is 0 Å². The molecule has 8 heavy (non-hydrogen) atoms. The summed E-state index contributed by atoms with van der Waals surface area (Å²) in [6.45, 7) is 2.11. The third-order valence-corrected chi connectivity index (χ3v) is 2.41. The van der Waals surface area contributed by atoms with Gasteiger partial charge in [0, 0.05) is 0 Å². The van der Waals surface area contributed by atoms with Crippen LogP contribution < -0.4 is 0 Å². The standard InChI is InChI=1S/C6H12BCl/c1-7(8)6-4-2-3-5-6/h6H,2-5H2,1H3/q-1. The van der Waals surface area contributed by atoms with Gasteiger partial charge in [-0.2, -0.15) is 5.82 Å². The van der Waals surface area contributed by atoms with Crippen LogP contribution in [0.25, 0.3) is 0 Å². The summed E-state index contributed by atoms with van der Waals surface area (Å²) in [7, 11) is 0. The maximum absolute atomic E-state index is 5.88. The van der Waals surface area contributed by atoms with Gasteiger partial charge in [0.2, 0.25) is 0 Å². The molecule has 0 saturated heterocycles. The van der Waals surface area contributed by atoms with Crippen molar-refractivity contribution in [3.63, 3.8) is 0 Å². The van der Waals surface area contributed by atoms with Crippen molar-refractivity contribution in [3.05, 3.63) is 0 Å². The minimum Gasteiger partial charge on any atom is -0.431 e. The van der Waals surface area contributed by atoms with Crippen molar-refractivity contribution in [2.45, 2.75) is 38.3 Å². The second-order valence-corrected chi connectivity index (χ2v) is 3.41. The molecule has 1 fully saturated rings. The molecule has 1 aliphatic rings. The van der Waals surface area contributed by atoms with Crippen LogP contribution in [0.15, 0.2) is 0 Å². The van der Waals surface area contributed by atoms with E-state index in [9.17, 15) is 0 Å². The predicted octanol–water partition coefficient (Wildman–Crippen LogP) is 2.79. The molecule has 0 unspecified atom stereocenters. The minimum absolute atomic E-state index is 0.414. The van der Waals surface area contributed by atoms with Crippen LogP contribution in [0.4, 0.5) is 0 Å². The molecule has 0 bridgehead atoms. The van der Waals surface area contributed by atoms with E-state index in [1.165, 1.54) is 25.7 Å². The fourth-order valence-electron chi connectivity index (χ4n) is 1.42. The molecule has 1 radical (unpaired) electrons. The van der Waals surface area contributed by atoms with E-state index in [2.05, 4.69) is 6.82 Å². The first kappa shape index (κ1) is 6.47. The maximum Gasteiger partial charge on any atom is -0.0326 e. The van der Waals surface area contributed by atoms with Crippen LogP contribution in [-0.4, -0.2) is 6.13 Å². The summed E-state index contributed by atoms with van der Waals surface area (Å²) < 4.78 is 0. The Hall–Kier alpha value is 0.355. The van der Waals surface area contributed by atoms with Crippen molar-refractivity contribution in [2.24, 2.45) is 0 Å². The number of hydrogen-bond donors (Lipinski definition) is 0. The molecule has 0 aromatic carbocycles. The molecule has 0 nitrogen and oxygen atoms in total. The highest BCUT2D eigenvalue weighted by atomic mass is 35.5. The van der Waals surface area contributed by atoms with E-state index in [1.54, 1.807) is 0 Å². The van der Waals surface area contributed by atoms with Gasteiger partial charge in [0.1, 0.15) is 0 Å². The van der Waals surface area contributed by atoms with Crippen molar-refractivity contribution in [1.82, 2.24) is 0 Å². The summed E-state index contributed by atoms with van der Waals surface area (Å²) in [6.07, 6.45) is 5.95. The molecule has 0 atom stereocenters. The van der Waals surface area contributed by atoms with Crippen LogP contribution >= 0.6 is 11.5 Å². The Labute approximate surface area is 56.6 Å². The normalized spacial score (nSPS) is 22.9. The Bertz CT molecular complexity index is 66.9. The van der Waals surface area contributed by atoms with E-state index in [4.69, 9.17) is 11.5 Å². The second-order valence-electron chi connectivity index (χ2n) is 2.72. The molecule has 0 amide bonds. The molecular weight excluding hydrogens is 118 g/mol.